The maximum atomic E-state index is 13.4. The molecule has 0 spiro atoms. The largest absolute Gasteiger partial charge is 0.393 e. The Morgan fingerprint density at radius 1 is 1.44 bits per heavy atom. The molecule has 0 amide bonds. The molecule has 2 N–H and O–H groups in total. The Morgan fingerprint density at radius 2 is 2.06 bits per heavy atom. The lowest BCUT2D eigenvalue weighted by Crippen LogP contribution is -2.30. The second-order valence-electron chi connectivity index (χ2n) is 3.62. The monoisotopic (exact) mass is 294 g/mol. The SMILES string of the molecule is CN(CCC(N)=S)S(=O)(=O)c1ccc(F)cc1F. The third-order valence-corrected chi connectivity index (χ3v) is 4.35. The highest BCUT2D eigenvalue weighted by Gasteiger charge is 2.24. The zero-order chi connectivity index (χ0) is 13.9. The van der Waals surface area contributed by atoms with E-state index in [0.29, 0.717) is 6.07 Å². The number of benzene rings is 1. The van der Waals surface area contributed by atoms with Crippen molar-refractivity contribution in [3.8, 4) is 0 Å². The minimum absolute atomic E-state index is 0.0362. The third kappa shape index (κ3) is 3.44. The fraction of sp³-hybridized carbons (Fsp3) is 0.300. The van der Waals surface area contributed by atoms with Crippen LogP contribution >= 0.6 is 12.2 Å². The lowest BCUT2D eigenvalue weighted by atomic mass is 10.3. The number of thiocarbonyl (C=S) groups is 1. The summed E-state index contributed by atoms with van der Waals surface area (Å²) in [5, 5.41) is 0. The smallest absolute Gasteiger partial charge is 0.245 e. The number of hydrogen-bond donors (Lipinski definition) is 1. The quantitative estimate of drug-likeness (QED) is 0.831. The van der Waals surface area contributed by atoms with Crippen molar-refractivity contribution in [1.82, 2.24) is 4.31 Å². The van der Waals surface area contributed by atoms with E-state index < -0.39 is 26.6 Å². The molecule has 1 rings (SSSR count). The van der Waals surface area contributed by atoms with E-state index in [2.05, 4.69) is 12.2 Å². The van der Waals surface area contributed by atoms with Gasteiger partial charge in [-0.15, -0.1) is 0 Å². The minimum atomic E-state index is -4.01. The molecule has 8 heteroatoms. The normalized spacial score (nSPS) is 11.8. The molecule has 0 aliphatic heterocycles. The van der Waals surface area contributed by atoms with Crippen molar-refractivity contribution in [2.75, 3.05) is 13.6 Å². The Bertz CT molecular complexity index is 561. The molecule has 4 nitrogen and oxygen atoms in total. The summed E-state index contributed by atoms with van der Waals surface area (Å²) in [5.41, 5.74) is 5.26. The van der Waals surface area contributed by atoms with Crippen molar-refractivity contribution in [3.63, 3.8) is 0 Å². The zero-order valence-corrected chi connectivity index (χ0v) is 11.2. The number of halogens is 2. The number of nitrogens with two attached hydrogens (primary N) is 1. The van der Waals surface area contributed by atoms with E-state index in [4.69, 9.17) is 5.73 Å². The summed E-state index contributed by atoms with van der Waals surface area (Å²) in [6, 6.07) is 2.29. The van der Waals surface area contributed by atoms with Gasteiger partial charge in [0.2, 0.25) is 10.0 Å². The topological polar surface area (TPSA) is 63.4 Å². The predicted molar refractivity (Wildman–Crippen MR) is 67.6 cm³/mol. The molecule has 0 aromatic heterocycles. The highest BCUT2D eigenvalue weighted by atomic mass is 32.2. The summed E-state index contributed by atoms with van der Waals surface area (Å²) in [6.45, 7) is 0.0362. The van der Waals surface area contributed by atoms with Crippen molar-refractivity contribution in [2.45, 2.75) is 11.3 Å². The number of nitrogens with zero attached hydrogens (tertiary/aromatic N) is 1. The van der Waals surface area contributed by atoms with E-state index in [1.807, 2.05) is 0 Å². The van der Waals surface area contributed by atoms with E-state index in [0.717, 1.165) is 16.4 Å². The average molecular weight is 294 g/mol. The molecule has 0 aliphatic rings. The summed E-state index contributed by atoms with van der Waals surface area (Å²) >= 11 is 4.63. The van der Waals surface area contributed by atoms with E-state index in [1.165, 1.54) is 7.05 Å². The van der Waals surface area contributed by atoms with Gasteiger partial charge in [0.1, 0.15) is 16.5 Å². The standard InChI is InChI=1S/C10H12F2N2O2S2/c1-14(5-4-10(13)17)18(15,16)9-3-2-7(11)6-8(9)12/h2-3,6H,4-5H2,1H3,(H2,13,17). The van der Waals surface area contributed by atoms with Crippen LogP contribution in [0.15, 0.2) is 23.1 Å². The van der Waals surface area contributed by atoms with Crippen molar-refractivity contribution in [2.24, 2.45) is 5.73 Å². The van der Waals surface area contributed by atoms with E-state index in [-0.39, 0.29) is 18.0 Å². The highest BCUT2D eigenvalue weighted by molar-refractivity contribution is 7.89. The van der Waals surface area contributed by atoms with E-state index in [9.17, 15) is 17.2 Å². The van der Waals surface area contributed by atoms with Gasteiger partial charge in [0, 0.05) is 26.1 Å². The molecule has 18 heavy (non-hydrogen) atoms. The Morgan fingerprint density at radius 3 is 2.56 bits per heavy atom. The zero-order valence-electron chi connectivity index (χ0n) is 9.56. The van der Waals surface area contributed by atoms with Crippen LogP contribution in [0.5, 0.6) is 0 Å². The lowest BCUT2D eigenvalue weighted by molar-refractivity contribution is 0.469. The number of rotatable bonds is 5. The van der Waals surface area contributed by atoms with E-state index >= 15 is 0 Å². The molecule has 0 bridgehead atoms. The fourth-order valence-corrected chi connectivity index (χ4v) is 2.54. The maximum absolute atomic E-state index is 13.4. The van der Waals surface area contributed by atoms with Gasteiger partial charge in [-0.3, -0.25) is 0 Å². The van der Waals surface area contributed by atoms with Gasteiger partial charge in [0.15, 0.2) is 0 Å². The van der Waals surface area contributed by atoms with Crippen LogP contribution in [0.25, 0.3) is 0 Å². The summed E-state index contributed by atoms with van der Waals surface area (Å²) < 4.78 is 50.9. The van der Waals surface area contributed by atoms with E-state index in [1.54, 1.807) is 0 Å². The van der Waals surface area contributed by atoms with Gasteiger partial charge in [0.05, 0.1) is 4.99 Å². The van der Waals surface area contributed by atoms with Crippen molar-refractivity contribution >= 4 is 27.2 Å². The molecule has 1 aromatic rings. The number of hydrogen-bond acceptors (Lipinski definition) is 3. The summed E-state index contributed by atoms with van der Waals surface area (Å²) in [4.78, 5) is -0.411. The van der Waals surface area contributed by atoms with Crippen molar-refractivity contribution in [3.05, 3.63) is 29.8 Å². The van der Waals surface area contributed by atoms with Gasteiger partial charge >= 0.3 is 0 Å². The van der Waals surface area contributed by atoms with Gasteiger partial charge in [-0.2, -0.15) is 0 Å². The van der Waals surface area contributed by atoms with Gasteiger partial charge in [-0.05, 0) is 12.1 Å². The molecule has 100 valence electrons. The molecule has 0 saturated carbocycles. The highest BCUT2D eigenvalue weighted by Crippen LogP contribution is 2.19. The molecule has 0 unspecified atom stereocenters. The first kappa shape index (κ1) is 14.9. The molecule has 0 saturated heterocycles. The number of sulfonamides is 1. The van der Waals surface area contributed by atoms with Crippen LogP contribution < -0.4 is 5.73 Å². The Hall–Kier alpha value is -1.12. The van der Waals surface area contributed by atoms with Gasteiger partial charge in [-0.25, -0.2) is 21.5 Å². The van der Waals surface area contributed by atoms with Gasteiger partial charge < -0.3 is 5.73 Å². The molecule has 0 atom stereocenters. The second kappa shape index (κ2) is 5.68. The first-order valence-corrected chi connectivity index (χ1v) is 6.79. The maximum Gasteiger partial charge on any atom is 0.245 e. The first-order valence-electron chi connectivity index (χ1n) is 4.95. The van der Waals surface area contributed by atoms with Crippen LogP contribution in [-0.2, 0) is 10.0 Å². The molecule has 0 fully saturated rings. The Kier molecular flexibility index (Phi) is 4.71. The van der Waals surface area contributed by atoms with Crippen LogP contribution in [0.2, 0.25) is 0 Å². The van der Waals surface area contributed by atoms with Crippen LogP contribution in [0, 0.1) is 11.6 Å². The van der Waals surface area contributed by atoms with Crippen LogP contribution in [-0.4, -0.2) is 31.3 Å². The van der Waals surface area contributed by atoms with Crippen molar-refractivity contribution < 1.29 is 17.2 Å². The summed E-state index contributed by atoms with van der Waals surface area (Å²) in [6.07, 6.45) is 0.188. The molecular weight excluding hydrogens is 282 g/mol. The minimum Gasteiger partial charge on any atom is -0.393 e. The molecule has 0 radical (unpaired) electrons. The van der Waals surface area contributed by atoms with Gasteiger partial charge in [-0.1, -0.05) is 12.2 Å². The summed E-state index contributed by atoms with van der Waals surface area (Å²) in [7, 11) is -2.73. The Labute approximate surface area is 109 Å². The van der Waals surface area contributed by atoms with Crippen molar-refractivity contribution in [1.29, 1.82) is 0 Å². The second-order valence-corrected chi connectivity index (χ2v) is 6.16. The molecular formula is C10H12F2N2O2S2. The third-order valence-electron chi connectivity index (χ3n) is 2.26. The van der Waals surface area contributed by atoms with Crippen LogP contribution in [0.1, 0.15) is 6.42 Å². The fourth-order valence-electron chi connectivity index (χ4n) is 1.24. The average Bonchev–Trinajstić information content (AvgIpc) is 2.24. The molecule has 0 aliphatic carbocycles. The first-order chi connectivity index (χ1) is 8.25. The predicted octanol–water partition coefficient (Wildman–Crippen LogP) is 1.26. The Balaban J connectivity index is 3.02. The van der Waals surface area contributed by atoms with Crippen LogP contribution in [0.3, 0.4) is 0 Å². The van der Waals surface area contributed by atoms with Crippen LogP contribution in [0.4, 0.5) is 8.78 Å². The summed E-state index contributed by atoms with van der Waals surface area (Å²) in [5.74, 6) is -1.96. The molecule has 1 aromatic carbocycles. The lowest BCUT2D eigenvalue weighted by Gasteiger charge is -2.17. The molecule has 0 heterocycles. The van der Waals surface area contributed by atoms with Gasteiger partial charge in [0.25, 0.3) is 0 Å².